The van der Waals surface area contributed by atoms with E-state index in [1.54, 1.807) is 26.0 Å². The van der Waals surface area contributed by atoms with Crippen LogP contribution in [0.1, 0.15) is 38.1 Å². The molecule has 0 aliphatic rings. The summed E-state index contributed by atoms with van der Waals surface area (Å²) in [6.07, 6.45) is -1.06. The number of para-hydroxylation sites is 1. The maximum atomic E-state index is 12.8. The van der Waals surface area contributed by atoms with Crippen molar-refractivity contribution in [2.45, 2.75) is 44.7 Å². The molecule has 2 aromatic rings. The lowest BCUT2D eigenvalue weighted by atomic mass is 10.2. The molecule has 1 atom stereocenters. The summed E-state index contributed by atoms with van der Waals surface area (Å²) in [5.41, 5.74) is 0.714. The molecule has 0 aliphatic carbocycles. The molecule has 2 rings (SSSR count). The van der Waals surface area contributed by atoms with Crippen molar-refractivity contribution in [2.75, 3.05) is 11.4 Å². The number of rotatable bonds is 8. The Morgan fingerprint density at radius 1 is 1.10 bits per heavy atom. The number of nitrogens with one attached hydrogen (secondary N) is 1. The highest BCUT2D eigenvalue weighted by Gasteiger charge is 2.26. The highest BCUT2D eigenvalue weighted by Crippen LogP contribution is 2.23. The fraction of sp³-hybridized carbons (Fsp3) is 0.333. The van der Waals surface area contributed by atoms with Crippen LogP contribution in [0.4, 0.5) is 5.69 Å². The van der Waals surface area contributed by atoms with Crippen LogP contribution < -0.4 is 9.62 Å². The largest absolute Gasteiger partial charge is 0.449 e. The van der Waals surface area contributed by atoms with Crippen LogP contribution in [0.25, 0.3) is 0 Å². The first-order valence-electron chi connectivity index (χ1n) is 9.46. The van der Waals surface area contributed by atoms with E-state index in [2.05, 4.69) is 20.7 Å². The Labute approximate surface area is 185 Å². The molecule has 0 aromatic heterocycles. The molecule has 0 fully saturated rings. The molecule has 1 N–H and O–H groups in total. The number of ether oxygens (including phenoxy) is 1. The smallest absolute Gasteiger partial charge is 0.340 e. The summed E-state index contributed by atoms with van der Waals surface area (Å²) in [4.78, 5) is 26.9. The molecule has 1 amide bonds. The first kappa shape index (κ1) is 24.0. The van der Waals surface area contributed by atoms with E-state index in [1.807, 2.05) is 25.1 Å². The monoisotopic (exact) mass is 496 g/mol. The number of hydrogen-bond donors (Lipinski definition) is 1. The van der Waals surface area contributed by atoms with Crippen LogP contribution in [0.5, 0.6) is 0 Å². The van der Waals surface area contributed by atoms with Gasteiger partial charge in [-0.25, -0.2) is 17.9 Å². The van der Waals surface area contributed by atoms with E-state index in [0.29, 0.717) is 16.7 Å². The van der Waals surface area contributed by atoms with Crippen molar-refractivity contribution in [2.24, 2.45) is 0 Å². The van der Waals surface area contributed by atoms with Crippen molar-refractivity contribution in [3.63, 3.8) is 0 Å². The number of esters is 1. The van der Waals surface area contributed by atoms with Gasteiger partial charge in [-0.1, -0.05) is 18.2 Å². The Balaban J connectivity index is 2.22. The molecular formula is C21H25BrN2O5S. The zero-order chi connectivity index (χ0) is 22.5. The molecule has 0 saturated carbocycles. The van der Waals surface area contributed by atoms with E-state index >= 15 is 0 Å². The average molecular weight is 497 g/mol. The molecular weight excluding hydrogens is 472 g/mol. The molecule has 9 heteroatoms. The van der Waals surface area contributed by atoms with Crippen LogP contribution in [-0.4, -0.2) is 39.0 Å². The van der Waals surface area contributed by atoms with Gasteiger partial charge in [0.2, 0.25) is 10.0 Å². The second-order valence-corrected chi connectivity index (χ2v) is 9.45. The second kappa shape index (κ2) is 10.2. The van der Waals surface area contributed by atoms with Crippen molar-refractivity contribution in [1.29, 1.82) is 0 Å². The Morgan fingerprint density at radius 3 is 2.30 bits per heavy atom. The van der Waals surface area contributed by atoms with E-state index in [4.69, 9.17) is 4.74 Å². The quantitative estimate of drug-likeness (QED) is 0.561. The lowest BCUT2D eigenvalue weighted by molar-refractivity contribution is -0.126. The lowest BCUT2D eigenvalue weighted by Crippen LogP contribution is -2.40. The van der Waals surface area contributed by atoms with Gasteiger partial charge in [-0.05, 0) is 74.0 Å². The Bertz CT molecular complexity index is 1010. The summed E-state index contributed by atoms with van der Waals surface area (Å²) in [5.74, 6) is -1.17. The number of carbonyl (C=O) groups excluding carboxylic acids is 2. The Kier molecular flexibility index (Phi) is 8.17. The van der Waals surface area contributed by atoms with E-state index in [9.17, 15) is 18.0 Å². The second-order valence-electron chi connectivity index (χ2n) is 6.88. The molecule has 30 heavy (non-hydrogen) atoms. The molecule has 0 spiro atoms. The molecule has 0 bridgehead atoms. The van der Waals surface area contributed by atoms with Crippen molar-refractivity contribution in [3.05, 3.63) is 58.6 Å². The van der Waals surface area contributed by atoms with E-state index in [0.717, 1.165) is 0 Å². The highest BCUT2D eigenvalue weighted by molar-refractivity contribution is 9.10. The summed E-state index contributed by atoms with van der Waals surface area (Å²) >= 11 is 3.24. The molecule has 162 valence electrons. The van der Waals surface area contributed by atoms with Crippen LogP contribution in [0.2, 0.25) is 0 Å². The number of benzene rings is 2. The van der Waals surface area contributed by atoms with Crippen LogP contribution in [0, 0.1) is 0 Å². The maximum absolute atomic E-state index is 12.8. The summed E-state index contributed by atoms with van der Waals surface area (Å²) in [6, 6.07) is 12.8. The third-order valence-corrected chi connectivity index (χ3v) is 6.49. The van der Waals surface area contributed by atoms with Crippen LogP contribution in [0.15, 0.2) is 57.9 Å². The van der Waals surface area contributed by atoms with Crippen LogP contribution in [0.3, 0.4) is 0 Å². The minimum atomic E-state index is -3.78. The standard InChI is InChI=1S/C21H25BrN2O5S/c1-5-24(16-9-7-6-8-10-16)20(25)15(4)29-21(26)18-13-17(11-12-19(18)22)30(27,28)23-14(2)3/h6-15,23H,5H2,1-4H3/t15-/m0/s1. The maximum Gasteiger partial charge on any atom is 0.340 e. The number of nitrogens with zero attached hydrogens (tertiary/aromatic N) is 1. The van der Waals surface area contributed by atoms with E-state index in [-0.39, 0.29) is 22.4 Å². The highest BCUT2D eigenvalue weighted by atomic mass is 79.9. The van der Waals surface area contributed by atoms with Gasteiger partial charge in [-0.2, -0.15) is 0 Å². The summed E-state index contributed by atoms with van der Waals surface area (Å²) in [5, 5.41) is 0. The predicted molar refractivity (Wildman–Crippen MR) is 119 cm³/mol. The van der Waals surface area contributed by atoms with Crippen LogP contribution in [-0.2, 0) is 19.6 Å². The Morgan fingerprint density at radius 2 is 1.73 bits per heavy atom. The number of halogens is 1. The van der Waals surface area contributed by atoms with Crippen LogP contribution >= 0.6 is 15.9 Å². The molecule has 0 unspecified atom stereocenters. The topological polar surface area (TPSA) is 92.8 Å². The van der Waals surface area contributed by atoms with Gasteiger partial charge >= 0.3 is 5.97 Å². The van der Waals surface area contributed by atoms with Gasteiger partial charge in [0, 0.05) is 22.7 Å². The SMILES string of the molecule is CCN(C(=O)[C@H](C)OC(=O)c1cc(S(=O)(=O)NC(C)C)ccc1Br)c1ccccc1. The van der Waals surface area contributed by atoms with Crippen molar-refractivity contribution >= 4 is 43.5 Å². The van der Waals surface area contributed by atoms with Gasteiger partial charge in [0.05, 0.1) is 10.5 Å². The van der Waals surface area contributed by atoms with Gasteiger partial charge in [0.1, 0.15) is 0 Å². The average Bonchev–Trinajstić information content (AvgIpc) is 2.68. The van der Waals surface area contributed by atoms with Gasteiger partial charge in [0.15, 0.2) is 6.10 Å². The predicted octanol–water partition coefficient (Wildman–Crippen LogP) is 3.73. The number of carbonyl (C=O) groups is 2. The summed E-state index contributed by atoms with van der Waals surface area (Å²) < 4.78 is 33.0. The molecule has 2 aromatic carbocycles. The number of sulfonamides is 1. The van der Waals surface area contributed by atoms with E-state index in [1.165, 1.54) is 30.0 Å². The van der Waals surface area contributed by atoms with Crippen molar-refractivity contribution in [1.82, 2.24) is 4.72 Å². The first-order chi connectivity index (χ1) is 14.1. The summed E-state index contributed by atoms with van der Waals surface area (Å²) in [6.45, 7) is 7.12. The molecule has 7 nitrogen and oxygen atoms in total. The zero-order valence-electron chi connectivity index (χ0n) is 17.3. The van der Waals surface area contributed by atoms with E-state index < -0.39 is 22.1 Å². The Hall–Kier alpha value is -2.23. The lowest BCUT2D eigenvalue weighted by Gasteiger charge is -2.24. The third-order valence-electron chi connectivity index (χ3n) is 4.14. The fourth-order valence-electron chi connectivity index (χ4n) is 2.77. The number of amides is 1. The molecule has 0 saturated heterocycles. The minimum Gasteiger partial charge on any atom is -0.449 e. The third kappa shape index (κ3) is 5.90. The van der Waals surface area contributed by atoms with Gasteiger partial charge in [0.25, 0.3) is 5.91 Å². The first-order valence-corrected chi connectivity index (χ1v) is 11.7. The van der Waals surface area contributed by atoms with Gasteiger partial charge in [-0.3, -0.25) is 4.79 Å². The van der Waals surface area contributed by atoms with Gasteiger partial charge < -0.3 is 9.64 Å². The zero-order valence-corrected chi connectivity index (χ0v) is 19.7. The molecule has 0 aliphatic heterocycles. The molecule has 0 radical (unpaired) electrons. The molecule has 0 heterocycles. The number of anilines is 1. The minimum absolute atomic E-state index is 0.0176. The normalized spacial score (nSPS) is 12.5. The summed E-state index contributed by atoms with van der Waals surface area (Å²) in [7, 11) is -3.78. The van der Waals surface area contributed by atoms with Crippen molar-refractivity contribution < 1.29 is 22.7 Å². The van der Waals surface area contributed by atoms with Crippen molar-refractivity contribution in [3.8, 4) is 0 Å². The number of likely N-dealkylation sites (N-methyl/N-ethyl adjacent to an activating group) is 1. The van der Waals surface area contributed by atoms with Gasteiger partial charge in [-0.15, -0.1) is 0 Å². The number of hydrogen-bond acceptors (Lipinski definition) is 5. The fourth-order valence-corrected chi connectivity index (χ4v) is 4.46.